The summed E-state index contributed by atoms with van der Waals surface area (Å²) in [7, 11) is 0. The molecule has 2 heterocycles. The molecule has 3 aromatic rings. The fourth-order valence-corrected chi connectivity index (χ4v) is 12.4. The number of aromatic amines is 1. The molecular formula is C76H114N18O24. The van der Waals surface area contributed by atoms with E-state index in [-0.39, 0.29) is 69.9 Å². The van der Waals surface area contributed by atoms with E-state index in [9.17, 15) is 107 Å². The van der Waals surface area contributed by atoms with E-state index < -0.39 is 256 Å². The summed E-state index contributed by atoms with van der Waals surface area (Å²) in [5, 5.41) is 92.8. The fraction of sp³-hybridized carbons (Fsp3) is 0.579. The maximum atomic E-state index is 15.0. The second-order valence-corrected chi connectivity index (χ2v) is 29.7. The number of nitrogens with two attached hydrogens (primary N) is 2. The topological polar surface area (TPSA) is 668 Å². The molecule has 2 aromatic carbocycles. The zero-order valence-corrected chi connectivity index (χ0v) is 67.0. The van der Waals surface area contributed by atoms with E-state index in [1.54, 1.807) is 88.5 Å². The van der Waals surface area contributed by atoms with Crippen LogP contribution in [0.5, 0.6) is 0 Å². The van der Waals surface area contributed by atoms with Crippen LogP contribution in [-0.4, -0.2) is 278 Å². The quantitative estimate of drug-likeness (QED) is 0.0234. The Kier molecular flexibility index (Phi) is 41.8. The van der Waals surface area contributed by atoms with E-state index in [2.05, 4.69) is 74.1 Å². The molecule has 0 unspecified atom stereocenters. The molecule has 13 atom stereocenters. The summed E-state index contributed by atoms with van der Waals surface area (Å²) < 4.78 is 0. The average Bonchev–Trinajstić information content (AvgIpc) is 1.65. The molecule has 0 bridgehead atoms. The minimum Gasteiger partial charge on any atom is -0.481 e. The molecule has 0 spiro atoms. The van der Waals surface area contributed by atoms with Gasteiger partial charge < -0.3 is 126 Å². The van der Waals surface area contributed by atoms with Gasteiger partial charge in [0, 0.05) is 49.3 Å². The van der Waals surface area contributed by atoms with Gasteiger partial charge in [-0.25, -0.2) is 0 Å². The van der Waals surface area contributed by atoms with Crippen LogP contribution in [0.15, 0.2) is 60.8 Å². The van der Waals surface area contributed by atoms with Gasteiger partial charge in [-0.2, -0.15) is 0 Å². The van der Waals surface area contributed by atoms with Crippen LogP contribution in [0.1, 0.15) is 130 Å². The number of aromatic nitrogens is 1. The third-order valence-electron chi connectivity index (χ3n) is 18.7. The zero-order chi connectivity index (χ0) is 88.0. The van der Waals surface area contributed by atoms with Crippen molar-refractivity contribution in [2.24, 2.45) is 29.2 Å². The fourth-order valence-electron chi connectivity index (χ4n) is 12.4. The number of rotatable bonds is 52. The number of unbranched alkanes of at least 4 members (excludes halogenated alkanes) is 1. The van der Waals surface area contributed by atoms with Crippen LogP contribution < -0.4 is 85.9 Å². The van der Waals surface area contributed by atoms with Gasteiger partial charge in [0.15, 0.2) is 0 Å². The van der Waals surface area contributed by atoms with Gasteiger partial charge in [-0.1, -0.05) is 90.1 Å². The number of carbonyl (C=O) groups is 18. The molecule has 118 heavy (non-hydrogen) atoms. The van der Waals surface area contributed by atoms with Crippen molar-refractivity contribution in [3.8, 4) is 0 Å². The number of H-pyrrole nitrogens is 1. The van der Waals surface area contributed by atoms with Gasteiger partial charge in [-0.05, 0) is 106 Å². The molecular weight excluding hydrogens is 1550 g/mol. The standard InChI is InChI=1S/C76H114N18O24/c1-39(2)28-50(70(112)86-51(29-40(3)4)71(113)90-54(36-95)65(107)81-33-58(98)80-34-59(99)94-27-15-21-57(94)75(117)92-56(38-97)74(116)91-55(37-96)66(108)82-35-62(104)105)87-72(114)53(31-44-32-79-46-19-12-11-18-45(44)46)89-69(111)49(23-25-61(102)103)85-76(118)63(41(5)6)93-73(115)52(30-43-16-9-8-10-17-43)88-68(110)48(22-24-60(100)101)84-67(109)47(20-13-14-26-77)83-64(106)42(7)78/h8-12,16-19,32,39-42,47-57,63,79,95-97H,13-15,20-31,33-38,77-78H2,1-7H3,(H,80,98)(H,81,107)(H,82,108)(H,83,106)(H,84,109)(H,85,118)(H,86,112)(H,87,114)(H,88,110)(H,89,111)(H,90,113)(H,91,116)(H,92,117)(H,93,115)(H,100,101)(H,102,103)(H,104,105)/t42-,47-,48-,49-,50-,51-,52-,53-,54-,55-,56-,57-,63-/m0/s1. The first-order chi connectivity index (χ1) is 55.8. The Hall–Kier alpha value is -11.8. The van der Waals surface area contributed by atoms with Gasteiger partial charge in [0.1, 0.15) is 79.0 Å². The molecule has 4 rings (SSSR count). The summed E-state index contributed by atoms with van der Waals surface area (Å²) in [5.41, 5.74) is 13.0. The molecule has 1 fully saturated rings. The molecule has 0 radical (unpaired) electrons. The van der Waals surface area contributed by atoms with Crippen molar-refractivity contribution in [2.75, 3.05) is 52.5 Å². The van der Waals surface area contributed by atoms with Gasteiger partial charge in [0.25, 0.3) is 0 Å². The molecule has 1 aromatic heterocycles. The predicted octanol–water partition coefficient (Wildman–Crippen LogP) is -6.36. The number of para-hydroxylation sites is 1. The Bertz CT molecular complexity index is 3970. The van der Waals surface area contributed by atoms with Crippen molar-refractivity contribution in [3.05, 3.63) is 71.9 Å². The van der Waals surface area contributed by atoms with Crippen LogP contribution in [0.4, 0.5) is 0 Å². The maximum Gasteiger partial charge on any atom is 0.322 e. The zero-order valence-electron chi connectivity index (χ0n) is 67.0. The van der Waals surface area contributed by atoms with Crippen molar-refractivity contribution in [2.45, 2.75) is 210 Å². The minimum atomic E-state index is -1.77. The minimum absolute atomic E-state index is 0.00775. The number of carbonyl (C=O) groups excluding carboxylic acids is 15. The van der Waals surface area contributed by atoms with Crippen molar-refractivity contribution in [1.29, 1.82) is 0 Å². The van der Waals surface area contributed by atoms with E-state index in [1.165, 1.54) is 20.8 Å². The molecule has 42 heteroatoms. The van der Waals surface area contributed by atoms with Crippen LogP contribution in [0, 0.1) is 17.8 Å². The highest BCUT2D eigenvalue weighted by molar-refractivity contribution is 6.01. The van der Waals surface area contributed by atoms with Crippen molar-refractivity contribution < 1.29 is 117 Å². The summed E-state index contributed by atoms with van der Waals surface area (Å²) >= 11 is 0. The monoisotopic (exact) mass is 1660 g/mol. The number of likely N-dealkylation sites (tertiary alicyclic amines) is 1. The smallest absolute Gasteiger partial charge is 0.322 e. The normalized spacial score (nSPS) is 15.6. The number of hydrogen-bond donors (Lipinski definition) is 23. The Morgan fingerprint density at radius 3 is 1.38 bits per heavy atom. The Morgan fingerprint density at radius 1 is 0.449 bits per heavy atom. The summed E-state index contributed by atoms with van der Waals surface area (Å²) in [6.45, 7) is 6.10. The lowest BCUT2D eigenvalue weighted by molar-refractivity contribution is -0.140. The van der Waals surface area contributed by atoms with Gasteiger partial charge >= 0.3 is 17.9 Å². The molecule has 15 amide bonds. The van der Waals surface area contributed by atoms with Crippen molar-refractivity contribution >= 4 is 117 Å². The van der Waals surface area contributed by atoms with Crippen molar-refractivity contribution in [3.63, 3.8) is 0 Å². The molecule has 0 aliphatic carbocycles. The lowest BCUT2D eigenvalue weighted by atomic mass is 9.98. The predicted molar refractivity (Wildman–Crippen MR) is 420 cm³/mol. The average molecular weight is 1660 g/mol. The second kappa shape index (κ2) is 50.0. The first-order valence-corrected chi connectivity index (χ1v) is 38.8. The van der Waals surface area contributed by atoms with E-state index >= 15 is 4.79 Å². The number of benzene rings is 2. The van der Waals surface area contributed by atoms with Gasteiger partial charge in [-0.3, -0.25) is 86.3 Å². The first-order valence-electron chi connectivity index (χ1n) is 38.8. The lowest BCUT2D eigenvalue weighted by Gasteiger charge is -2.29. The number of hydrogen-bond acceptors (Lipinski definition) is 23. The van der Waals surface area contributed by atoms with Crippen LogP contribution in [0.2, 0.25) is 0 Å². The number of carboxylic acid groups (broad SMARTS) is 3. The second-order valence-electron chi connectivity index (χ2n) is 29.7. The Balaban J connectivity index is 1.54. The van der Waals surface area contributed by atoms with Crippen LogP contribution in [0.3, 0.4) is 0 Å². The molecule has 1 aliphatic rings. The van der Waals surface area contributed by atoms with E-state index in [0.717, 1.165) is 4.90 Å². The summed E-state index contributed by atoms with van der Waals surface area (Å²) in [6.07, 6.45) is -0.430. The van der Waals surface area contributed by atoms with Crippen molar-refractivity contribution in [1.82, 2.24) is 84.3 Å². The third kappa shape index (κ3) is 33.5. The molecule has 25 N–H and O–H groups in total. The molecule has 652 valence electrons. The Labute approximate surface area is 680 Å². The van der Waals surface area contributed by atoms with Crippen LogP contribution in [0.25, 0.3) is 10.9 Å². The molecule has 0 saturated carbocycles. The number of carboxylic acids is 3. The summed E-state index contributed by atoms with van der Waals surface area (Å²) in [4.78, 5) is 246. The number of aliphatic carboxylic acids is 3. The lowest BCUT2D eigenvalue weighted by Crippen LogP contribution is -2.61. The highest BCUT2D eigenvalue weighted by Gasteiger charge is 2.40. The summed E-state index contributed by atoms with van der Waals surface area (Å²) in [6, 6.07) is -4.61. The SMILES string of the molecule is CC(C)C[C@H](NC(=O)[C@H](CC(C)C)NC(=O)[C@H](Cc1c[nH]c2ccccc12)NC(=O)[C@H](CCC(=O)O)NC(=O)[C@@H](NC(=O)[C@H](Cc1ccccc1)NC(=O)[C@H](CCC(=O)O)NC(=O)[C@H](CCCCN)NC(=O)[C@H](C)N)C(C)C)C(=O)N[C@@H](CO)C(=O)NCC(=O)NCC(=O)N1CCC[C@H]1C(=O)N[C@@H](CO)C(=O)N[C@@H](CO)C(=O)NCC(=O)O. The maximum absolute atomic E-state index is 15.0. The number of aliphatic hydroxyl groups excluding tert-OH is 3. The highest BCUT2D eigenvalue weighted by Crippen LogP contribution is 2.22. The number of aliphatic hydroxyl groups is 3. The number of fused-ring (bicyclic) bond motifs is 1. The van der Waals surface area contributed by atoms with Gasteiger partial charge in [0.2, 0.25) is 88.6 Å². The first kappa shape index (κ1) is 98.6. The van der Waals surface area contributed by atoms with Gasteiger partial charge in [-0.15, -0.1) is 0 Å². The summed E-state index contributed by atoms with van der Waals surface area (Å²) in [5.74, 6) is -20.3. The molecule has 42 nitrogen and oxygen atoms in total. The van der Waals surface area contributed by atoms with Crippen LogP contribution >= 0.6 is 0 Å². The largest absolute Gasteiger partial charge is 0.481 e. The van der Waals surface area contributed by atoms with E-state index in [0.29, 0.717) is 34.9 Å². The van der Waals surface area contributed by atoms with E-state index in [1.807, 2.05) is 5.32 Å². The number of nitrogens with one attached hydrogen (secondary N) is 15. The Morgan fingerprint density at radius 2 is 0.881 bits per heavy atom. The molecule has 1 aliphatic heterocycles. The highest BCUT2D eigenvalue weighted by atomic mass is 16.4. The van der Waals surface area contributed by atoms with Crippen LogP contribution in [-0.2, 0) is 99.1 Å². The number of amides is 15. The third-order valence-corrected chi connectivity index (χ3v) is 18.7. The van der Waals surface area contributed by atoms with Gasteiger partial charge in [0.05, 0.1) is 39.0 Å². The number of nitrogens with zero attached hydrogens (tertiary/aromatic N) is 1. The molecule has 1 saturated heterocycles. The van der Waals surface area contributed by atoms with E-state index in [4.69, 9.17) is 16.6 Å².